The second kappa shape index (κ2) is 8.01. The van der Waals surface area contributed by atoms with Crippen LogP contribution >= 0.6 is 15.9 Å². The van der Waals surface area contributed by atoms with Crippen LogP contribution in [0.3, 0.4) is 0 Å². The molecule has 0 spiro atoms. The van der Waals surface area contributed by atoms with Crippen LogP contribution < -0.4 is 10.6 Å². The second-order valence-corrected chi connectivity index (χ2v) is 5.42. The fourth-order valence-electron chi connectivity index (χ4n) is 1.58. The minimum atomic E-state index is -0.184. The Bertz CT molecular complexity index is 491. The molecule has 1 aromatic rings. The normalized spacial score (nSPS) is 11.8. The lowest BCUT2D eigenvalue weighted by Crippen LogP contribution is -2.17. The Labute approximate surface area is 127 Å². The summed E-state index contributed by atoms with van der Waals surface area (Å²) in [6.07, 6.45) is 1.05. The van der Waals surface area contributed by atoms with Gasteiger partial charge in [-0.25, -0.2) is 0 Å². The van der Waals surface area contributed by atoms with Crippen LogP contribution in [0.15, 0.2) is 22.7 Å². The predicted octanol–water partition coefficient (Wildman–Crippen LogP) is 3.16. The van der Waals surface area contributed by atoms with Gasteiger partial charge in [-0.2, -0.15) is 0 Å². The number of amides is 2. The van der Waals surface area contributed by atoms with Gasteiger partial charge in [0, 0.05) is 24.9 Å². The molecule has 1 atom stereocenters. The molecule has 110 valence electrons. The molecule has 0 fully saturated rings. The number of nitrogens with one attached hydrogen (secondary N) is 2. The highest BCUT2D eigenvalue weighted by molar-refractivity contribution is 9.10. The van der Waals surface area contributed by atoms with E-state index in [0.29, 0.717) is 24.2 Å². The molecule has 0 aliphatic carbocycles. The summed E-state index contributed by atoms with van der Waals surface area (Å²) in [6.45, 7) is 3.34. The number of ether oxygens (including phenoxy) is 1. The van der Waals surface area contributed by atoms with Crippen molar-refractivity contribution < 1.29 is 14.3 Å². The van der Waals surface area contributed by atoms with Crippen LogP contribution in [0.5, 0.6) is 0 Å². The van der Waals surface area contributed by atoms with Crippen LogP contribution in [0.1, 0.15) is 26.7 Å². The van der Waals surface area contributed by atoms with E-state index < -0.39 is 0 Å². The van der Waals surface area contributed by atoms with Crippen LogP contribution in [-0.2, 0) is 14.3 Å². The zero-order chi connectivity index (χ0) is 15.1. The van der Waals surface area contributed by atoms with Crippen molar-refractivity contribution in [3.8, 4) is 0 Å². The van der Waals surface area contributed by atoms with Gasteiger partial charge in [0.1, 0.15) is 0 Å². The van der Waals surface area contributed by atoms with E-state index in [2.05, 4.69) is 26.6 Å². The van der Waals surface area contributed by atoms with Gasteiger partial charge in [0.05, 0.1) is 17.5 Å². The summed E-state index contributed by atoms with van der Waals surface area (Å²) in [4.78, 5) is 23.0. The SMILES string of the molecule is CO[C@H](C)CCC(=O)Nc1cc(Br)ccc1NC(C)=O. The molecule has 0 unspecified atom stereocenters. The molecule has 0 aliphatic heterocycles. The topological polar surface area (TPSA) is 67.4 Å². The zero-order valence-corrected chi connectivity index (χ0v) is 13.4. The average Bonchev–Trinajstić information content (AvgIpc) is 2.38. The summed E-state index contributed by atoms with van der Waals surface area (Å²) in [5, 5.41) is 5.48. The molecular formula is C14H19BrN2O3. The molecule has 0 radical (unpaired) electrons. The van der Waals surface area contributed by atoms with Gasteiger partial charge in [-0.05, 0) is 31.5 Å². The van der Waals surface area contributed by atoms with E-state index in [1.807, 2.05) is 6.92 Å². The van der Waals surface area contributed by atoms with Crippen molar-refractivity contribution in [3.05, 3.63) is 22.7 Å². The Balaban J connectivity index is 2.72. The van der Waals surface area contributed by atoms with Crippen molar-refractivity contribution in [2.24, 2.45) is 0 Å². The summed E-state index contributed by atoms with van der Waals surface area (Å²) in [6, 6.07) is 5.29. The lowest BCUT2D eigenvalue weighted by Gasteiger charge is -2.13. The molecule has 20 heavy (non-hydrogen) atoms. The number of halogens is 1. The highest BCUT2D eigenvalue weighted by atomic mass is 79.9. The Morgan fingerprint density at radius 1 is 1.30 bits per heavy atom. The first-order valence-corrected chi connectivity index (χ1v) is 7.11. The molecule has 0 saturated carbocycles. The van der Waals surface area contributed by atoms with E-state index in [1.54, 1.807) is 25.3 Å². The third-order valence-corrected chi connectivity index (χ3v) is 3.24. The summed E-state index contributed by atoms with van der Waals surface area (Å²) in [5.74, 6) is -0.297. The summed E-state index contributed by atoms with van der Waals surface area (Å²) in [5.41, 5.74) is 1.15. The summed E-state index contributed by atoms with van der Waals surface area (Å²) in [7, 11) is 1.62. The predicted molar refractivity (Wildman–Crippen MR) is 82.8 cm³/mol. The lowest BCUT2D eigenvalue weighted by atomic mass is 10.2. The summed E-state index contributed by atoms with van der Waals surface area (Å²) >= 11 is 3.34. The number of hydrogen-bond acceptors (Lipinski definition) is 3. The van der Waals surface area contributed by atoms with Gasteiger partial charge in [0.2, 0.25) is 11.8 Å². The minimum absolute atomic E-state index is 0.0399. The number of anilines is 2. The number of carbonyl (C=O) groups is 2. The van der Waals surface area contributed by atoms with Gasteiger partial charge in [0.25, 0.3) is 0 Å². The summed E-state index contributed by atoms with van der Waals surface area (Å²) < 4.78 is 5.93. The molecule has 2 N–H and O–H groups in total. The van der Waals surface area contributed by atoms with E-state index in [1.165, 1.54) is 6.92 Å². The van der Waals surface area contributed by atoms with Crippen LogP contribution in [0.25, 0.3) is 0 Å². The van der Waals surface area contributed by atoms with Crippen molar-refractivity contribution in [1.29, 1.82) is 0 Å². The van der Waals surface area contributed by atoms with Gasteiger partial charge < -0.3 is 15.4 Å². The highest BCUT2D eigenvalue weighted by Crippen LogP contribution is 2.26. The third kappa shape index (κ3) is 5.71. The van der Waals surface area contributed by atoms with E-state index in [0.717, 1.165) is 4.47 Å². The van der Waals surface area contributed by atoms with Crippen LogP contribution in [-0.4, -0.2) is 25.0 Å². The van der Waals surface area contributed by atoms with Crippen LogP contribution in [0.4, 0.5) is 11.4 Å². The molecule has 1 rings (SSSR count). The molecule has 5 nitrogen and oxygen atoms in total. The van der Waals surface area contributed by atoms with Gasteiger partial charge in [-0.15, -0.1) is 0 Å². The van der Waals surface area contributed by atoms with Crippen molar-refractivity contribution in [2.75, 3.05) is 17.7 Å². The fraction of sp³-hybridized carbons (Fsp3) is 0.429. The van der Waals surface area contributed by atoms with E-state index in [4.69, 9.17) is 4.74 Å². The third-order valence-electron chi connectivity index (χ3n) is 2.75. The van der Waals surface area contributed by atoms with E-state index in [9.17, 15) is 9.59 Å². The minimum Gasteiger partial charge on any atom is -0.382 e. The molecule has 6 heteroatoms. The quantitative estimate of drug-likeness (QED) is 0.834. The number of benzene rings is 1. The largest absolute Gasteiger partial charge is 0.382 e. The average molecular weight is 343 g/mol. The molecule has 0 heterocycles. The monoisotopic (exact) mass is 342 g/mol. The molecule has 0 aliphatic rings. The van der Waals surface area contributed by atoms with E-state index >= 15 is 0 Å². The van der Waals surface area contributed by atoms with Gasteiger partial charge >= 0.3 is 0 Å². The van der Waals surface area contributed by atoms with Crippen molar-refractivity contribution in [1.82, 2.24) is 0 Å². The van der Waals surface area contributed by atoms with Crippen LogP contribution in [0.2, 0.25) is 0 Å². The molecule has 2 amide bonds. The number of rotatable bonds is 6. The first-order chi connectivity index (χ1) is 9.42. The van der Waals surface area contributed by atoms with Crippen molar-refractivity contribution >= 4 is 39.1 Å². The van der Waals surface area contributed by atoms with Crippen LogP contribution in [0, 0.1) is 0 Å². The first-order valence-electron chi connectivity index (χ1n) is 6.32. The first kappa shape index (κ1) is 16.7. The molecule has 0 bridgehead atoms. The Morgan fingerprint density at radius 2 is 2.00 bits per heavy atom. The smallest absolute Gasteiger partial charge is 0.224 e. The standard InChI is InChI=1S/C14H19BrN2O3/c1-9(20-3)4-7-14(19)17-13-8-11(15)5-6-12(13)16-10(2)18/h5-6,8-9H,4,7H2,1-3H3,(H,16,18)(H,17,19)/t9-/m1/s1. The zero-order valence-electron chi connectivity index (χ0n) is 11.8. The van der Waals surface area contributed by atoms with E-state index in [-0.39, 0.29) is 17.9 Å². The molecular weight excluding hydrogens is 324 g/mol. The van der Waals surface area contributed by atoms with Gasteiger partial charge in [-0.1, -0.05) is 15.9 Å². The maximum Gasteiger partial charge on any atom is 0.224 e. The second-order valence-electron chi connectivity index (χ2n) is 4.50. The maximum absolute atomic E-state index is 11.9. The highest BCUT2D eigenvalue weighted by Gasteiger charge is 2.10. The number of carbonyl (C=O) groups excluding carboxylic acids is 2. The Morgan fingerprint density at radius 3 is 2.60 bits per heavy atom. The Kier molecular flexibility index (Phi) is 6.67. The number of methoxy groups -OCH3 is 1. The van der Waals surface area contributed by atoms with Gasteiger partial charge in [0.15, 0.2) is 0 Å². The van der Waals surface area contributed by atoms with Crippen molar-refractivity contribution in [2.45, 2.75) is 32.8 Å². The maximum atomic E-state index is 11.9. The molecule has 0 aromatic heterocycles. The lowest BCUT2D eigenvalue weighted by molar-refractivity contribution is -0.117. The molecule has 0 saturated heterocycles. The number of hydrogen-bond donors (Lipinski definition) is 2. The van der Waals surface area contributed by atoms with Gasteiger partial charge in [-0.3, -0.25) is 9.59 Å². The molecule has 1 aromatic carbocycles. The van der Waals surface area contributed by atoms with Crippen molar-refractivity contribution in [3.63, 3.8) is 0 Å². The Hall–Kier alpha value is -1.40. The fourth-order valence-corrected chi connectivity index (χ4v) is 1.94.